The number of ether oxygens (including phenoxy) is 1. The maximum Gasteiger partial charge on any atom is 0.305 e. The minimum atomic E-state index is -0.190. The van der Waals surface area contributed by atoms with Gasteiger partial charge in [0.25, 0.3) is 5.91 Å². The number of rotatable bonds is 7. The van der Waals surface area contributed by atoms with Gasteiger partial charge in [-0.15, -0.1) is 11.3 Å². The van der Waals surface area contributed by atoms with Crippen LogP contribution in [0.4, 0.5) is 0 Å². The lowest BCUT2D eigenvalue weighted by molar-refractivity contribution is -0.140. The Kier molecular flexibility index (Phi) is 6.60. The number of carbonyl (C=O) groups excluding carboxylic acids is 2. The first-order chi connectivity index (χ1) is 10.6. The van der Waals surface area contributed by atoms with E-state index in [1.165, 1.54) is 18.9 Å². The first-order valence-electron chi connectivity index (χ1n) is 6.97. The molecule has 0 aromatic carbocycles. The molecule has 0 saturated carbocycles. The van der Waals surface area contributed by atoms with E-state index in [9.17, 15) is 9.59 Å². The number of thiocarbonyl (C=S) groups is 1. The van der Waals surface area contributed by atoms with Gasteiger partial charge in [0, 0.05) is 17.8 Å². The third kappa shape index (κ3) is 4.66. The highest BCUT2D eigenvalue weighted by atomic mass is 32.2. The van der Waals surface area contributed by atoms with Gasteiger partial charge in [0.2, 0.25) is 0 Å². The summed E-state index contributed by atoms with van der Waals surface area (Å²) in [5.74, 6) is -0.208. The summed E-state index contributed by atoms with van der Waals surface area (Å²) >= 11 is 8.23. The van der Waals surface area contributed by atoms with Gasteiger partial charge >= 0.3 is 5.97 Å². The molecule has 4 nitrogen and oxygen atoms in total. The predicted octanol–water partition coefficient (Wildman–Crippen LogP) is 3.68. The average molecular weight is 356 g/mol. The fourth-order valence-electron chi connectivity index (χ4n) is 2.01. The molecule has 1 fully saturated rings. The molecule has 0 radical (unpaired) electrons. The van der Waals surface area contributed by atoms with Gasteiger partial charge in [0.05, 0.1) is 12.0 Å². The van der Waals surface area contributed by atoms with Crippen LogP contribution >= 0.6 is 35.3 Å². The Balaban J connectivity index is 1.81. The van der Waals surface area contributed by atoms with Crippen LogP contribution in [-0.2, 0) is 14.3 Å². The van der Waals surface area contributed by atoms with Crippen LogP contribution in [0.25, 0.3) is 6.08 Å². The van der Waals surface area contributed by atoms with Crippen molar-refractivity contribution in [2.45, 2.75) is 25.7 Å². The molecular weight excluding hydrogens is 338 g/mol. The van der Waals surface area contributed by atoms with Crippen molar-refractivity contribution in [1.82, 2.24) is 4.90 Å². The van der Waals surface area contributed by atoms with Gasteiger partial charge < -0.3 is 4.74 Å². The molecule has 22 heavy (non-hydrogen) atoms. The Morgan fingerprint density at radius 2 is 2.23 bits per heavy atom. The van der Waals surface area contributed by atoms with E-state index in [1.54, 1.807) is 16.2 Å². The molecule has 118 valence electrons. The van der Waals surface area contributed by atoms with Crippen molar-refractivity contribution in [2.24, 2.45) is 0 Å². The maximum absolute atomic E-state index is 12.3. The molecule has 7 heteroatoms. The number of nitrogens with zero attached hydrogens (tertiary/aromatic N) is 1. The zero-order valence-corrected chi connectivity index (χ0v) is 14.7. The SMILES string of the molecule is COC(=O)CCCCCN1C(=O)C(=Cc2cccs2)SC1=S. The molecule has 2 rings (SSSR count). The summed E-state index contributed by atoms with van der Waals surface area (Å²) in [5.41, 5.74) is 0. The highest BCUT2D eigenvalue weighted by Crippen LogP contribution is 2.33. The molecule has 0 unspecified atom stereocenters. The van der Waals surface area contributed by atoms with Crippen LogP contribution < -0.4 is 0 Å². The van der Waals surface area contributed by atoms with E-state index in [1.807, 2.05) is 23.6 Å². The lowest BCUT2D eigenvalue weighted by Gasteiger charge is -2.13. The van der Waals surface area contributed by atoms with Crippen molar-refractivity contribution in [3.8, 4) is 0 Å². The van der Waals surface area contributed by atoms with E-state index in [4.69, 9.17) is 12.2 Å². The Morgan fingerprint density at radius 1 is 1.41 bits per heavy atom. The Bertz CT molecular complexity index is 581. The monoisotopic (exact) mass is 355 g/mol. The van der Waals surface area contributed by atoms with E-state index >= 15 is 0 Å². The average Bonchev–Trinajstić information content (AvgIpc) is 3.10. The van der Waals surface area contributed by atoms with Crippen LogP contribution in [0.3, 0.4) is 0 Å². The second-order valence-corrected chi connectivity index (χ2v) is 7.39. The van der Waals surface area contributed by atoms with Crippen molar-refractivity contribution < 1.29 is 14.3 Å². The molecule has 1 aliphatic rings. The molecule has 1 aromatic rings. The van der Waals surface area contributed by atoms with Crippen molar-refractivity contribution in [1.29, 1.82) is 0 Å². The quantitative estimate of drug-likeness (QED) is 0.323. The van der Waals surface area contributed by atoms with Crippen molar-refractivity contribution in [3.05, 3.63) is 27.3 Å². The zero-order chi connectivity index (χ0) is 15.9. The molecular formula is C15H17NO3S3. The van der Waals surface area contributed by atoms with E-state index < -0.39 is 0 Å². The topological polar surface area (TPSA) is 46.6 Å². The summed E-state index contributed by atoms with van der Waals surface area (Å²) in [6.07, 6.45) is 4.78. The number of hydrogen-bond acceptors (Lipinski definition) is 6. The summed E-state index contributed by atoms with van der Waals surface area (Å²) in [6.45, 7) is 0.605. The van der Waals surface area contributed by atoms with Crippen LogP contribution in [-0.4, -0.2) is 34.8 Å². The lowest BCUT2D eigenvalue weighted by atomic mass is 10.2. The fraction of sp³-hybridized carbons (Fsp3) is 0.400. The third-order valence-corrected chi connectivity index (χ3v) is 5.38. The first-order valence-corrected chi connectivity index (χ1v) is 9.08. The molecule has 2 heterocycles. The summed E-state index contributed by atoms with van der Waals surface area (Å²) in [6, 6.07) is 3.93. The van der Waals surface area contributed by atoms with E-state index in [0.717, 1.165) is 24.1 Å². The van der Waals surface area contributed by atoms with Gasteiger partial charge in [0.1, 0.15) is 4.32 Å². The number of unbranched alkanes of at least 4 members (excludes halogenated alkanes) is 2. The highest BCUT2D eigenvalue weighted by Gasteiger charge is 2.31. The normalized spacial score (nSPS) is 16.6. The number of hydrogen-bond donors (Lipinski definition) is 0. The van der Waals surface area contributed by atoms with Crippen molar-refractivity contribution in [3.63, 3.8) is 0 Å². The molecule has 0 bridgehead atoms. The van der Waals surface area contributed by atoms with E-state index in [-0.39, 0.29) is 11.9 Å². The van der Waals surface area contributed by atoms with Gasteiger partial charge in [-0.3, -0.25) is 14.5 Å². The number of amides is 1. The largest absolute Gasteiger partial charge is 0.469 e. The van der Waals surface area contributed by atoms with Crippen LogP contribution in [0.15, 0.2) is 22.4 Å². The third-order valence-electron chi connectivity index (χ3n) is 3.18. The minimum absolute atomic E-state index is 0.0173. The van der Waals surface area contributed by atoms with Crippen LogP contribution in [0.2, 0.25) is 0 Å². The van der Waals surface area contributed by atoms with Crippen LogP contribution in [0.5, 0.6) is 0 Å². The van der Waals surface area contributed by atoms with Crippen molar-refractivity contribution in [2.75, 3.05) is 13.7 Å². The second kappa shape index (κ2) is 8.45. The number of esters is 1. The Labute approximate surface area is 143 Å². The molecule has 1 aromatic heterocycles. The maximum atomic E-state index is 12.3. The number of thiophene rings is 1. The molecule has 1 amide bonds. The zero-order valence-electron chi connectivity index (χ0n) is 12.2. The van der Waals surface area contributed by atoms with Gasteiger partial charge in [-0.25, -0.2) is 0 Å². The smallest absolute Gasteiger partial charge is 0.305 e. The molecule has 1 aliphatic heterocycles. The summed E-state index contributed by atoms with van der Waals surface area (Å²) in [5, 5.41) is 1.98. The number of methoxy groups -OCH3 is 1. The first kappa shape index (κ1) is 17.2. The lowest BCUT2D eigenvalue weighted by Crippen LogP contribution is -2.29. The molecule has 0 N–H and O–H groups in total. The van der Waals surface area contributed by atoms with Crippen LogP contribution in [0.1, 0.15) is 30.6 Å². The van der Waals surface area contributed by atoms with Crippen LogP contribution in [0, 0.1) is 0 Å². The van der Waals surface area contributed by atoms with E-state index in [0.29, 0.717) is 22.2 Å². The summed E-state index contributed by atoms with van der Waals surface area (Å²) in [7, 11) is 1.39. The Morgan fingerprint density at radius 3 is 2.91 bits per heavy atom. The summed E-state index contributed by atoms with van der Waals surface area (Å²) < 4.78 is 5.21. The van der Waals surface area contributed by atoms with Gasteiger partial charge in [0.15, 0.2) is 0 Å². The predicted molar refractivity (Wildman–Crippen MR) is 94.7 cm³/mol. The molecule has 0 aliphatic carbocycles. The Hall–Kier alpha value is -1.18. The fourth-order valence-corrected chi connectivity index (χ4v) is 4.04. The number of carbonyl (C=O) groups is 2. The van der Waals surface area contributed by atoms with E-state index in [2.05, 4.69) is 4.74 Å². The molecule has 0 atom stereocenters. The number of thioether (sulfide) groups is 1. The second-order valence-electron chi connectivity index (χ2n) is 4.74. The van der Waals surface area contributed by atoms with Crippen molar-refractivity contribution >= 4 is 57.6 Å². The highest BCUT2D eigenvalue weighted by molar-refractivity contribution is 8.26. The van der Waals surface area contributed by atoms with Gasteiger partial charge in [-0.05, 0) is 30.4 Å². The molecule has 0 spiro atoms. The standard InChI is InChI=1S/C15H17NO3S3/c1-19-13(17)7-3-2-4-8-16-14(18)12(22-15(16)20)10-11-6-5-9-21-11/h5-6,9-10H,2-4,7-8H2,1H3. The van der Waals surface area contributed by atoms with Gasteiger partial charge in [-0.2, -0.15) is 0 Å². The summed E-state index contributed by atoms with van der Waals surface area (Å²) in [4.78, 5) is 26.7. The minimum Gasteiger partial charge on any atom is -0.469 e. The van der Waals surface area contributed by atoms with Gasteiger partial charge in [-0.1, -0.05) is 36.5 Å². The molecule has 1 saturated heterocycles.